The van der Waals surface area contributed by atoms with E-state index < -0.39 is 0 Å². The third kappa shape index (κ3) is 2.27. The van der Waals surface area contributed by atoms with E-state index >= 15 is 0 Å². The highest BCUT2D eigenvalue weighted by atomic mass is 16.3. The predicted molar refractivity (Wildman–Crippen MR) is 81.4 cm³/mol. The van der Waals surface area contributed by atoms with Crippen LogP contribution in [-0.2, 0) is 11.8 Å². The maximum Gasteiger partial charge on any atom is 0.189 e. The monoisotopic (exact) mass is 282 g/mol. The molecule has 4 heteroatoms. The topological polar surface area (TPSA) is 66.0 Å². The van der Waals surface area contributed by atoms with Crippen LogP contribution >= 0.6 is 0 Å². The van der Waals surface area contributed by atoms with Crippen LogP contribution in [0, 0.1) is 0 Å². The summed E-state index contributed by atoms with van der Waals surface area (Å²) in [4.78, 5) is 12.4. The van der Waals surface area contributed by atoms with E-state index in [0.717, 1.165) is 16.8 Å². The third-order valence-corrected chi connectivity index (χ3v) is 3.80. The van der Waals surface area contributed by atoms with Crippen molar-refractivity contribution in [3.63, 3.8) is 0 Å². The lowest BCUT2D eigenvalue weighted by atomic mass is 9.89. The lowest BCUT2D eigenvalue weighted by molar-refractivity contribution is 0.104. The number of carbonyl (C=O) groups excluding carboxylic acids is 1. The molecule has 0 spiro atoms. The fourth-order valence-corrected chi connectivity index (χ4v) is 2.73. The molecular formula is C17H18N2O2. The smallest absolute Gasteiger partial charge is 0.189 e. The Bertz CT molecular complexity index is 748. The number of aromatic nitrogens is 2. The largest absolute Gasteiger partial charge is 0.508 e. The Labute approximate surface area is 123 Å². The molecule has 4 nitrogen and oxygen atoms in total. The second kappa shape index (κ2) is 4.58. The zero-order valence-corrected chi connectivity index (χ0v) is 12.4. The first-order valence-corrected chi connectivity index (χ1v) is 6.98. The maximum absolute atomic E-state index is 12.4. The number of benzene rings is 1. The molecule has 0 saturated heterocycles. The number of fused-ring (bicyclic) bond motifs is 1. The van der Waals surface area contributed by atoms with Gasteiger partial charge in [-0.3, -0.25) is 9.89 Å². The summed E-state index contributed by atoms with van der Waals surface area (Å²) in [6, 6.07) is 5.08. The molecule has 3 rings (SSSR count). The van der Waals surface area contributed by atoms with Gasteiger partial charge in [0.25, 0.3) is 0 Å². The zero-order valence-electron chi connectivity index (χ0n) is 12.4. The zero-order chi connectivity index (χ0) is 15.2. The van der Waals surface area contributed by atoms with E-state index in [0.29, 0.717) is 17.6 Å². The summed E-state index contributed by atoms with van der Waals surface area (Å²) < 4.78 is 0. The van der Waals surface area contributed by atoms with Gasteiger partial charge in [-0.15, -0.1) is 0 Å². The first kappa shape index (κ1) is 13.6. The van der Waals surface area contributed by atoms with E-state index in [1.165, 1.54) is 0 Å². The number of carbonyl (C=O) groups is 1. The molecule has 0 bridgehead atoms. The summed E-state index contributed by atoms with van der Waals surface area (Å²) in [6.45, 7) is 6.29. The van der Waals surface area contributed by atoms with Crippen LogP contribution in [0.15, 0.2) is 30.0 Å². The van der Waals surface area contributed by atoms with Gasteiger partial charge in [-0.05, 0) is 12.1 Å². The minimum atomic E-state index is -0.0699. The van der Waals surface area contributed by atoms with E-state index in [-0.39, 0.29) is 16.9 Å². The van der Waals surface area contributed by atoms with Crippen LogP contribution in [0.25, 0.3) is 6.08 Å². The van der Waals surface area contributed by atoms with Crippen molar-refractivity contribution in [1.29, 1.82) is 0 Å². The Balaban J connectivity index is 2.03. The summed E-state index contributed by atoms with van der Waals surface area (Å²) in [5.74, 6) is 0.175. The van der Waals surface area contributed by atoms with Crippen LogP contribution in [-0.4, -0.2) is 21.1 Å². The number of Topliss-reactive ketones (excluding diaryl/α,β-unsaturated/α-hetero) is 1. The lowest BCUT2D eigenvalue weighted by Crippen LogP contribution is -2.13. The molecule has 0 atom stereocenters. The van der Waals surface area contributed by atoms with Gasteiger partial charge in [-0.25, -0.2) is 0 Å². The van der Waals surface area contributed by atoms with Gasteiger partial charge in [0.05, 0.1) is 6.20 Å². The van der Waals surface area contributed by atoms with Crippen LogP contribution < -0.4 is 0 Å². The van der Waals surface area contributed by atoms with E-state index in [2.05, 4.69) is 31.0 Å². The average Bonchev–Trinajstić information content (AvgIpc) is 2.98. The Kier molecular flexibility index (Phi) is 2.97. The van der Waals surface area contributed by atoms with Gasteiger partial charge in [0.2, 0.25) is 0 Å². The number of H-pyrrole nitrogens is 1. The molecule has 0 fully saturated rings. The molecule has 0 amide bonds. The number of nitrogens with zero attached hydrogens (tertiary/aromatic N) is 1. The minimum Gasteiger partial charge on any atom is -0.508 e. The Morgan fingerprint density at radius 2 is 2.10 bits per heavy atom. The number of phenolic OH excluding ortho intramolecular Hbond substituents is 1. The summed E-state index contributed by atoms with van der Waals surface area (Å²) >= 11 is 0. The Hall–Kier alpha value is -2.36. The fraction of sp³-hybridized carbons (Fsp3) is 0.294. The van der Waals surface area contributed by atoms with Crippen molar-refractivity contribution in [3.05, 3.63) is 52.4 Å². The fourth-order valence-electron chi connectivity index (χ4n) is 2.73. The van der Waals surface area contributed by atoms with Gasteiger partial charge in [-0.2, -0.15) is 5.10 Å². The van der Waals surface area contributed by atoms with Gasteiger partial charge in [0.1, 0.15) is 5.75 Å². The Morgan fingerprint density at radius 1 is 1.33 bits per heavy atom. The molecule has 0 aliphatic heterocycles. The molecule has 0 radical (unpaired) electrons. The number of hydrogen-bond donors (Lipinski definition) is 2. The van der Waals surface area contributed by atoms with Gasteiger partial charge < -0.3 is 5.11 Å². The Morgan fingerprint density at radius 3 is 2.76 bits per heavy atom. The maximum atomic E-state index is 12.4. The molecule has 0 saturated carbocycles. The highest BCUT2D eigenvalue weighted by molar-refractivity contribution is 6.16. The van der Waals surface area contributed by atoms with Crippen molar-refractivity contribution >= 4 is 11.9 Å². The van der Waals surface area contributed by atoms with Gasteiger partial charge >= 0.3 is 0 Å². The molecule has 0 unspecified atom stereocenters. The number of allylic oxidation sites excluding steroid dienone is 1. The van der Waals surface area contributed by atoms with Crippen LogP contribution in [0.1, 0.15) is 48.0 Å². The number of aromatic hydroxyl groups is 1. The van der Waals surface area contributed by atoms with Crippen LogP contribution in [0.4, 0.5) is 0 Å². The number of nitrogens with one attached hydrogen (secondary N) is 1. The third-order valence-electron chi connectivity index (χ3n) is 3.80. The number of phenols is 1. The second-order valence-corrected chi connectivity index (χ2v) is 6.43. The number of aromatic amines is 1. The molecular weight excluding hydrogens is 264 g/mol. The summed E-state index contributed by atoms with van der Waals surface area (Å²) in [6.07, 6.45) is 4.09. The highest BCUT2D eigenvalue weighted by Gasteiger charge is 2.28. The van der Waals surface area contributed by atoms with Gasteiger partial charge in [0, 0.05) is 39.8 Å². The molecule has 1 aliphatic rings. The molecule has 2 N–H and O–H groups in total. The lowest BCUT2D eigenvalue weighted by Gasteiger charge is -2.17. The molecule has 1 aromatic carbocycles. The van der Waals surface area contributed by atoms with Crippen molar-refractivity contribution in [1.82, 2.24) is 10.2 Å². The number of rotatable bonds is 1. The standard InChI is InChI=1S/C17H18N2O2/c1-17(2,3)16-11(9-18-19-16)7-10-8-13-12(15(10)21)5-4-6-14(13)20/h4-7,9,20H,8H2,1-3H3,(H,18,19). The van der Waals surface area contributed by atoms with Crippen molar-refractivity contribution in [2.75, 3.05) is 0 Å². The van der Waals surface area contributed by atoms with Crippen LogP contribution in [0.3, 0.4) is 0 Å². The van der Waals surface area contributed by atoms with E-state index in [1.54, 1.807) is 24.4 Å². The summed E-state index contributed by atoms with van der Waals surface area (Å²) in [5.41, 5.74) is 3.87. The van der Waals surface area contributed by atoms with E-state index in [4.69, 9.17) is 0 Å². The quantitative estimate of drug-likeness (QED) is 0.789. The average molecular weight is 282 g/mol. The molecule has 1 aromatic heterocycles. The van der Waals surface area contributed by atoms with Crippen molar-refractivity contribution in [3.8, 4) is 5.75 Å². The molecule has 1 heterocycles. The van der Waals surface area contributed by atoms with Gasteiger partial charge in [0.15, 0.2) is 5.78 Å². The minimum absolute atomic E-state index is 0.0121. The molecule has 21 heavy (non-hydrogen) atoms. The SMILES string of the molecule is CC(C)(C)c1[nH]ncc1C=C1Cc2c(O)cccc2C1=O. The van der Waals surface area contributed by atoms with E-state index in [1.807, 2.05) is 6.08 Å². The van der Waals surface area contributed by atoms with Crippen LogP contribution in [0.2, 0.25) is 0 Å². The van der Waals surface area contributed by atoms with Crippen molar-refractivity contribution in [2.45, 2.75) is 32.6 Å². The normalized spacial score (nSPS) is 16.5. The highest BCUT2D eigenvalue weighted by Crippen LogP contribution is 2.34. The van der Waals surface area contributed by atoms with Crippen molar-refractivity contribution < 1.29 is 9.90 Å². The van der Waals surface area contributed by atoms with Gasteiger partial charge in [-0.1, -0.05) is 32.9 Å². The van der Waals surface area contributed by atoms with E-state index in [9.17, 15) is 9.90 Å². The number of hydrogen-bond acceptors (Lipinski definition) is 3. The molecule has 1 aliphatic carbocycles. The molecule has 108 valence electrons. The summed E-state index contributed by atoms with van der Waals surface area (Å²) in [7, 11) is 0. The van der Waals surface area contributed by atoms with Crippen LogP contribution in [0.5, 0.6) is 5.75 Å². The number of ketones is 1. The molecule has 2 aromatic rings. The first-order chi connectivity index (χ1) is 9.88. The predicted octanol–water partition coefficient (Wildman–Crippen LogP) is 3.24. The summed E-state index contributed by atoms with van der Waals surface area (Å²) in [5, 5.41) is 17.0. The second-order valence-electron chi connectivity index (χ2n) is 6.43. The first-order valence-electron chi connectivity index (χ1n) is 6.98. The van der Waals surface area contributed by atoms with Crippen molar-refractivity contribution in [2.24, 2.45) is 0 Å².